The van der Waals surface area contributed by atoms with Gasteiger partial charge >= 0.3 is 0 Å². The van der Waals surface area contributed by atoms with Gasteiger partial charge in [-0.2, -0.15) is 0 Å². The second-order valence-electron chi connectivity index (χ2n) is 4.16. The minimum Gasteiger partial charge on any atom is -0.504 e. The van der Waals surface area contributed by atoms with Crippen LogP contribution in [0.3, 0.4) is 0 Å². The zero-order valence-electron chi connectivity index (χ0n) is 10.3. The van der Waals surface area contributed by atoms with Crippen LogP contribution in [-0.4, -0.2) is 39.6 Å². The Bertz CT molecular complexity index is 476. The van der Waals surface area contributed by atoms with Crippen molar-refractivity contribution in [1.29, 1.82) is 0 Å². The van der Waals surface area contributed by atoms with Crippen LogP contribution in [-0.2, 0) is 0 Å². The Hall–Kier alpha value is -1.82. The van der Waals surface area contributed by atoms with Crippen LogP contribution in [0.1, 0.15) is 17.3 Å². The van der Waals surface area contributed by atoms with E-state index in [0.29, 0.717) is 11.5 Å². The first-order chi connectivity index (χ1) is 8.34. The number of hydrogen-bond donors (Lipinski definition) is 3. The van der Waals surface area contributed by atoms with Crippen molar-refractivity contribution in [3.8, 4) is 11.5 Å². The van der Waals surface area contributed by atoms with Gasteiger partial charge < -0.3 is 20.8 Å². The molecule has 1 atom stereocenters. The van der Waals surface area contributed by atoms with Crippen LogP contribution >= 0.6 is 12.2 Å². The van der Waals surface area contributed by atoms with Gasteiger partial charge in [-0.3, -0.25) is 4.79 Å². The molecule has 0 aliphatic carbocycles. The van der Waals surface area contributed by atoms with Crippen molar-refractivity contribution in [2.75, 3.05) is 13.6 Å². The summed E-state index contributed by atoms with van der Waals surface area (Å²) in [5.74, 6) is -1.26. The maximum absolute atomic E-state index is 12.0. The number of hydrogen-bond acceptors (Lipinski definition) is 4. The highest BCUT2D eigenvalue weighted by molar-refractivity contribution is 7.80. The highest BCUT2D eigenvalue weighted by Crippen LogP contribution is 2.28. The number of benzene rings is 1. The molecule has 0 aliphatic rings. The first-order valence-electron chi connectivity index (χ1n) is 5.40. The predicted octanol–water partition coefficient (Wildman–Crippen LogP) is 1.09. The largest absolute Gasteiger partial charge is 0.504 e. The lowest BCUT2D eigenvalue weighted by Crippen LogP contribution is -2.35. The lowest BCUT2D eigenvalue weighted by atomic mass is 10.1. The van der Waals surface area contributed by atoms with Crippen LogP contribution in [0.15, 0.2) is 18.2 Å². The van der Waals surface area contributed by atoms with E-state index in [0.717, 1.165) is 0 Å². The maximum atomic E-state index is 12.0. The van der Waals surface area contributed by atoms with Gasteiger partial charge in [-0.25, -0.2) is 0 Å². The molecule has 0 saturated carbocycles. The van der Waals surface area contributed by atoms with Gasteiger partial charge in [-0.15, -0.1) is 0 Å². The average Bonchev–Trinajstić information content (AvgIpc) is 2.31. The van der Waals surface area contributed by atoms with Gasteiger partial charge in [0.15, 0.2) is 11.5 Å². The summed E-state index contributed by atoms with van der Waals surface area (Å²) < 4.78 is 0. The molecule has 0 aromatic heterocycles. The second-order valence-corrected chi connectivity index (χ2v) is 4.63. The van der Waals surface area contributed by atoms with Gasteiger partial charge in [0.25, 0.3) is 5.91 Å². The molecular weight excluding hydrogens is 252 g/mol. The topological polar surface area (TPSA) is 86.8 Å². The fraction of sp³-hybridized carbons (Fsp3) is 0.333. The van der Waals surface area contributed by atoms with Crippen molar-refractivity contribution in [3.63, 3.8) is 0 Å². The summed E-state index contributed by atoms with van der Waals surface area (Å²) >= 11 is 4.84. The molecule has 1 unspecified atom stereocenters. The monoisotopic (exact) mass is 268 g/mol. The van der Waals surface area contributed by atoms with Crippen LogP contribution in [0, 0.1) is 5.92 Å². The molecule has 1 aromatic carbocycles. The third-order valence-electron chi connectivity index (χ3n) is 2.63. The Balaban J connectivity index is 2.87. The van der Waals surface area contributed by atoms with Gasteiger partial charge in [0, 0.05) is 19.5 Å². The molecule has 0 heterocycles. The summed E-state index contributed by atoms with van der Waals surface area (Å²) in [4.78, 5) is 13.8. The molecule has 1 amide bonds. The van der Waals surface area contributed by atoms with E-state index < -0.39 is 11.7 Å². The molecule has 4 N–H and O–H groups in total. The molecule has 98 valence electrons. The molecule has 0 aliphatic heterocycles. The first kappa shape index (κ1) is 14.2. The molecule has 6 heteroatoms. The number of rotatable bonds is 4. The van der Waals surface area contributed by atoms with Crippen LogP contribution in [0.2, 0.25) is 0 Å². The van der Waals surface area contributed by atoms with Crippen molar-refractivity contribution in [3.05, 3.63) is 23.8 Å². The molecule has 0 spiro atoms. The standard InChI is InChI=1S/C12H16N2O3S/c1-7(11(13)18)6-14(2)12(17)8-4-3-5-9(15)10(8)16/h3-5,7,15-16H,6H2,1-2H3,(H2,13,18). The summed E-state index contributed by atoms with van der Waals surface area (Å²) in [5.41, 5.74) is 5.53. The van der Waals surface area contributed by atoms with Crippen molar-refractivity contribution in [2.45, 2.75) is 6.92 Å². The third-order valence-corrected chi connectivity index (χ3v) is 3.03. The lowest BCUT2D eigenvalue weighted by molar-refractivity contribution is 0.0783. The normalized spacial score (nSPS) is 11.9. The molecule has 0 radical (unpaired) electrons. The Kier molecular flexibility index (Phi) is 4.49. The Labute approximate surface area is 111 Å². The SMILES string of the molecule is CC(CN(C)C(=O)c1cccc(O)c1O)C(N)=S. The Morgan fingerprint density at radius 2 is 2.11 bits per heavy atom. The van der Waals surface area contributed by atoms with Crippen LogP contribution in [0.25, 0.3) is 0 Å². The van der Waals surface area contributed by atoms with Crippen molar-refractivity contribution in [2.24, 2.45) is 11.7 Å². The Morgan fingerprint density at radius 1 is 1.50 bits per heavy atom. The molecule has 18 heavy (non-hydrogen) atoms. The first-order valence-corrected chi connectivity index (χ1v) is 5.81. The Morgan fingerprint density at radius 3 is 2.67 bits per heavy atom. The summed E-state index contributed by atoms with van der Waals surface area (Å²) in [6.07, 6.45) is 0. The molecule has 0 fully saturated rings. The molecular formula is C12H16N2O3S. The number of aromatic hydroxyl groups is 2. The van der Waals surface area contributed by atoms with E-state index in [1.807, 2.05) is 6.92 Å². The maximum Gasteiger partial charge on any atom is 0.257 e. The minimum absolute atomic E-state index is 0.0487. The fourth-order valence-corrected chi connectivity index (χ4v) is 1.57. The molecule has 0 saturated heterocycles. The molecule has 1 rings (SSSR count). The quantitative estimate of drug-likeness (QED) is 0.562. The summed E-state index contributed by atoms with van der Waals surface area (Å²) in [6.45, 7) is 2.16. The van der Waals surface area contributed by atoms with Crippen LogP contribution < -0.4 is 5.73 Å². The highest BCUT2D eigenvalue weighted by Gasteiger charge is 2.19. The third kappa shape index (κ3) is 3.10. The van der Waals surface area contributed by atoms with Crippen molar-refractivity contribution >= 4 is 23.1 Å². The van der Waals surface area contributed by atoms with E-state index in [4.69, 9.17) is 18.0 Å². The van der Waals surface area contributed by atoms with Crippen LogP contribution in [0.4, 0.5) is 0 Å². The van der Waals surface area contributed by atoms with Gasteiger partial charge in [0.2, 0.25) is 0 Å². The molecule has 5 nitrogen and oxygen atoms in total. The van der Waals surface area contributed by atoms with Crippen LogP contribution in [0.5, 0.6) is 11.5 Å². The predicted molar refractivity (Wildman–Crippen MR) is 72.7 cm³/mol. The van der Waals surface area contributed by atoms with Gasteiger partial charge in [0.05, 0.1) is 10.6 Å². The van der Waals surface area contributed by atoms with E-state index in [1.54, 1.807) is 7.05 Å². The number of amides is 1. The smallest absolute Gasteiger partial charge is 0.257 e. The summed E-state index contributed by atoms with van der Waals surface area (Å²) in [6, 6.07) is 4.25. The van der Waals surface area contributed by atoms with E-state index in [-0.39, 0.29) is 17.2 Å². The van der Waals surface area contributed by atoms with Gasteiger partial charge in [-0.1, -0.05) is 25.2 Å². The zero-order chi connectivity index (χ0) is 13.9. The lowest BCUT2D eigenvalue weighted by Gasteiger charge is -2.21. The average molecular weight is 268 g/mol. The number of para-hydroxylation sites is 1. The summed E-state index contributed by atoms with van der Waals surface area (Å²) in [7, 11) is 1.58. The zero-order valence-corrected chi connectivity index (χ0v) is 11.1. The van der Waals surface area contributed by atoms with Crippen molar-refractivity contribution < 1.29 is 15.0 Å². The van der Waals surface area contributed by atoms with E-state index in [9.17, 15) is 15.0 Å². The molecule has 1 aromatic rings. The van der Waals surface area contributed by atoms with E-state index >= 15 is 0 Å². The minimum atomic E-state index is -0.419. The summed E-state index contributed by atoms with van der Waals surface area (Å²) in [5, 5.41) is 19.0. The van der Waals surface area contributed by atoms with Gasteiger partial charge in [0.1, 0.15) is 0 Å². The number of carbonyl (C=O) groups excluding carboxylic acids is 1. The second kappa shape index (κ2) is 5.68. The van der Waals surface area contributed by atoms with E-state index in [2.05, 4.69) is 0 Å². The number of phenols is 2. The number of nitrogens with two attached hydrogens (primary N) is 1. The fourth-order valence-electron chi connectivity index (χ4n) is 1.49. The number of phenolic OH excluding ortho intramolecular Hbond substituents is 2. The highest BCUT2D eigenvalue weighted by atomic mass is 32.1. The number of carbonyl (C=O) groups is 1. The van der Waals surface area contributed by atoms with Gasteiger partial charge in [-0.05, 0) is 12.1 Å². The number of thiocarbonyl (C=S) groups is 1. The van der Waals surface area contributed by atoms with E-state index in [1.165, 1.54) is 23.1 Å². The number of nitrogens with zero attached hydrogens (tertiary/aromatic N) is 1. The van der Waals surface area contributed by atoms with Crippen molar-refractivity contribution in [1.82, 2.24) is 4.90 Å². The molecule has 0 bridgehead atoms.